The van der Waals surface area contributed by atoms with E-state index in [9.17, 15) is 5.11 Å². The predicted octanol–water partition coefficient (Wildman–Crippen LogP) is 2.67. The Hall–Kier alpha value is -1.86. The Balaban J connectivity index is 1.94. The smallest absolute Gasteiger partial charge is 0.191 e. The van der Waals surface area contributed by atoms with E-state index in [0.29, 0.717) is 11.7 Å². The zero-order chi connectivity index (χ0) is 18.4. The lowest BCUT2D eigenvalue weighted by Gasteiger charge is -2.19. The fraction of sp³-hybridized carbons (Fsp3) is 0.556. The Labute approximate surface area is 153 Å². The van der Waals surface area contributed by atoms with Crippen LogP contribution in [0.1, 0.15) is 40.9 Å². The lowest BCUT2D eigenvalue weighted by molar-refractivity contribution is 0.0428. The summed E-state index contributed by atoms with van der Waals surface area (Å²) in [5.41, 5.74) is -0.0375. The van der Waals surface area contributed by atoms with Gasteiger partial charge in [-0.15, -0.1) is 11.3 Å². The molecule has 0 aliphatic carbocycles. The van der Waals surface area contributed by atoms with Crippen LogP contribution in [0.25, 0.3) is 0 Å². The van der Waals surface area contributed by atoms with E-state index in [-0.39, 0.29) is 6.54 Å². The van der Waals surface area contributed by atoms with Crippen LogP contribution in [0, 0.1) is 20.8 Å². The zero-order valence-corrected chi connectivity index (χ0v) is 16.5. The first-order chi connectivity index (χ1) is 11.8. The number of aromatic nitrogens is 1. The number of furan rings is 1. The predicted molar refractivity (Wildman–Crippen MR) is 102 cm³/mol. The number of nitrogens with zero attached hydrogens (tertiary/aromatic N) is 2. The highest BCUT2D eigenvalue weighted by Gasteiger charge is 2.26. The molecule has 25 heavy (non-hydrogen) atoms. The summed E-state index contributed by atoms with van der Waals surface area (Å²) in [7, 11) is 0. The molecule has 0 radical (unpaired) electrons. The highest BCUT2D eigenvalue weighted by atomic mass is 32.1. The molecule has 2 heterocycles. The summed E-state index contributed by atoms with van der Waals surface area (Å²) in [6.07, 6.45) is 0.898. The largest absolute Gasteiger partial charge is 0.463 e. The van der Waals surface area contributed by atoms with Crippen molar-refractivity contribution in [3.8, 4) is 0 Å². The first kappa shape index (κ1) is 19.5. The van der Waals surface area contributed by atoms with E-state index in [4.69, 9.17) is 4.42 Å². The maximum absolute atomic E-state index is 10.6. The average Bonchev–Trinajstić information content (AvgIpc) is 3.11. The molecular weight excluding hydrogens is 336 g/mol. The van der Waals surface area contributed by atoms with E-state index in [2.05, 4.69) is 20.6 Å². The summed E-state index contributed by atoms with van der Waals surface area (Å²) in [5, 5.41) is 18.2. The van der Waals surface area contributed by atoms with Gasteiger partial charge in [0.05, 0.1) is 17.2 Å². The second-order valence-corrected chi connectivity index (χ2v) is 7.59. The highest BCUT2D eigenvalue weighted by molar-refractivity contribution is 7.11. The van der Waals surface area contributed by atoms with Gasteiger partial charge in [-0.05, 0) is 46.8 Å². The van der Waals surface area contributed by atoms with Crippen LogP contribution < -0.4 is 10.6 Å². The van der Waals surface area contributed by atoms with Gasteiger partial charge in [-0.1, -0.05) is 0 Å². The van der Waals surface area contributed by atoms with Gasteiger partial charge in [0.2, 0.25) is 0 Å². The topological polar surface area (TPSA) is 82.7 Å². The Morgan fingerprint density at radius 1 is 1.32 bits per heavy atom. The molecule has 0 spiro atoms. The van der Waals surface area contributed by atoms with E-state index in [1.807, 2.05) is 33.8 Å². The van der Waals surface area contributed by atoms with E-state index in [1.54, 1.807) is 24.3 Å². The molecule has 2 aromatic heterocycles. The van der Waals surface area contributed by atoms with Crippen LogP contribution in [0.5, 0.6) is 0 Å². The number of thiazole rings is 1. The second kappa shape index (κ2) is 8.49. The summed E-state index contributed by atoms with van der Waals surface area (Å²) in [5.74, 6) is 1.99. The van der Waals surface area contributed by atoms with Crippen molar-refractivity contribution in [2.75, 3.05) is 19.6 Å². The van der Waals surface area contributed by atoms with Crippen LogP contribution in [-0.4, -0.2) is 35.7 Å². The van der Waals surface area contributed by atoms with Crippen LogP contribution in [0.4, 0.5) is 0 Å². The number of aryl methyl sites for hydroxylation is 3. The number of aliphatic hydroxyl groups is 1. The van der Waals surface area contributed by atoms with Gasteiger partial charge in [0.15, 0.2) is 5.96 Å². The molecule has 6 nitrogen and oxygen atoms in total. The molecular formula is C18H28N4O2S. The lowest BCUT2D eigenvalue weighted by Crippen LogP contribution is -2.39. The first-order valence-electron chi connectivity index (χ1n) is 8.56. The van der Waals surface area contributed by atoms with E-state index in [1.165, 1.54) is 4.88 Å². The van der Waals surface area contributed by atoms with Crippen molar-refractivity contribution in [1.29, 1.82) is 0 Å². The first-order valence-corrected chi connectivity index (χ1v) is 9.38. The van der Waals surface area contributed by atoms with Crippen molar-refractivity contribution in [1.82, 2.24) is 15.6 Å². The Morgan fingerprint density at radius 3 is 2.64 bits per heavy atom. The number of hydrogen-bond donors (Lipinski definition) is 3. The molecule has 0 saturated carbocycles. The summed E-state index contributed by atoms with van der Waals surface area (Å²) >= 11 is 1.73. The molecule has 0 fully saturated rings. The van der Waals surface area contributed by atoms with Gasteiger partial charge in [0.1, 0.15) is 17.1 Å². The normalized spacial score (nSPS) is 14.4. The van der Waals surface area contributed by atoms with Crippen molar-refractivity contribution in [3.05, 3.63) is 39.2 Å². The van der Waals surface area contributed by atoms with Crippen molar-refractivity contribution in [2.24, 2.45) is 4.99 Å². The minimum Gasteiger partial charge on any atom is -0.463 e. The van der Waals surface area contributed by atoms with Crippen LogP contribution in [0.2, 0.25) is 0 Å². The van der Waals surface area contributed by atoms with E-state index < -0.39 is 5.60 Å². The zero-order valence-electron chi connectivity index (χ0n) is 15.6. The van der Waals surface area contributed by atoms with Crippen LogP contribution >= 0.6 is 11.3 Å². The van der Waals surface area contributed by atoms with Crippen LogP contribution in [-0.2, 0) is 12.0 Å². The molecule has 0 amide bonds. The maximum Gasteiger partial charge on any atom is 0.191 e. The molecule has 0 aromatic carbocycles. The molecule has 0 aliphatic heterocycles. The molecule has 2 aromatic rings. The molecule has 0 bridgehead atoms. The molecule has 7 heteroatoms. The minimum absolute atomic E-state index is 0.216. The quantitative estimate of drug-likeness (QED) is 0.520. The minimum atomic E-state index is -1.14. The van der Waals surface area contributed by atoms with Crippen LogP contribution in [0.15, 0.2) is 21.5 Å². The Kier molecular flexibility index (Phi) is 6.61. The number of hydrogen-bond acceptors (Lipinski definition) is 5. The molecule has 3 N–H and O–H groups in total. The molecule has 0 saturated heterocycles. The highest BCUT2D eigenvalue weighted by Crippen LogP contribution is 2.23. The summed E-state index contributed by atoms with van der Waals surface area (Å²) in [4.78, 5) is 10.2. The molecule has 138 valence electrons. The Morgan fingerprint density at radius 2 is 2.08 bits per heavy atom. The van der Waals surface area contributed by atoms with Crippen molar-refractivity contribution in [3.63, 3.8) is 0 Å². The fourth-order valence-electron chi connectivity index (χ4n) is 2.48. The number of aliphatic imine (C=N–C) groups is 1. The second-order valence-electron chi connectivity index (χ2n) is 6.30. The fourth-order valence-corrected chi connectivity index (χ4v) is 3.41. The average molecular weight is 365 g/mol. The lowest BCUT2D eigenvalue weighted by atomic mass is 10.0. The van der Waals surface area contributed by atoms with Crippen molar-refractivity contribution < 1.29 is 9.52 Å². The van der Waals surface area contributed by atoms with Gasteiger partial charge in [0.25, 0.3) is 0 Å². The van der Waals surface area contributed by atoms with E-state index >= 15 is 0 Å². The molecule has 0 aliphatic rings. The summed E-state index contributed by atoms with van der Waals surface area (Å²) in [6.45, 7) is 11.4. The molecule has 2 rings (SSSR count). The standard InChI is InChI=1S/C18H28N4O2S/c1-6-19-17(20-10-9-15-13(3)22-14(4)25-15)21-11-18(5,23)16-8-7-12(2)24-16/h7-8,23H,6,9-11H2,1-5H3,(H2,19,20,21). The Bertz CT molecular complexity index is 718. The number of nitrogens with one attached hydrogen (secondary N) is 2. The summed E-state index contributed by atoms with van der Waals surface area (Å²) in [6, 6.07) is 3.64. The van der Waals surface area contributed by atoms with E-state index in [0.717, 1.165) is 36.0 Å². The van der Waals surface area contributed by atoms with Gasteiger partial charge in [-0.2, -0.15) is 0 Å². The third-order valence-corrected chi connectivity index (χ3v) is 4.94. The van der Waals surface area contributed by atoms with Crippen molar-refractivity contribution >= 4 is 17.3 Å². The number of rotatable bonds is 7. The maximum atomic E-state index is 10.6. The summed E-state index contributed by atoms with van der Waals surface area (Å²) < 4.78 is 5.53. The molecule has 1 atom stereocenters. The van der Waals surface area contributed by atoms with Gasteiger partial charge in [-0.25, -0.2) is 9.98 Å². The van der Waals surface area contributed by atoms with Crippen molar-refractivity contribution in [2.45, 2.75) is 46.6 Å². The third kappa shape index (κ3) is 5.57. The number of guanidine groups is 1. The third-order valence-electron chi connectivity index (χ3n) is 3.80. The monoisotopic (exact) mass is 364 g/mol. The molecule has 1 unspecified atom stereocenters. The van der Waals surface area contributed by atoms with Gasteiger partial charge < -0.3 is 20.2 Å². The van der Waals surface area contributed by atoms with Gasteiger partial charge in [0, 0.05) is 24.4 Å². The van der Waals surface area contributed by atoms with Gasteiger partial charge >= 0.3 is 0 Å². The van der Waals surface area contributed by atoms with Gasteiger partial charge in [-0.3, -0.25) is 0 Å². The van der Waals surface area contributed by atoms with Crippen LogP contribution in [0.3, 0.4) is 0 Å². The SMILES string of the molecule is CCNC(=NCC(C)(O)c1ccc(C)o1)NCCc1sc(C)nc1C.